The van der Waals surface area contributed by atoms with E-state index in [-0.39, 0.29) is 6.42 Å². The lowest BCUT2D eigenvalue weighted by Gasteiger charge is -2.37. The number of rotatable bonds is 2. The molecule has 100 valence electrons. The van der Waals surface area contributed by atoms with E-state index in [1.807, 2.05) is 6.07 Å². The lowest BCUT2D eigenvalue weighted by molar-refractivity contribution is -0.0117. The third-order valence-corrected chi connectivity index (χ3v) is 4.36. The van der Waals surface area contributed by atoms with Crippen molar-refractivity contribution >= 4 is 0 Å². The second-order valence-electron chi connectivity index (χ2n) is 5.72. The van der Waals surface area contributed by atoms with Crippen LogP contribution < -0.4 is 5.32 Å². The van der Waals surface area contributed by atoms with Crippen molar-refractivity contribution in [1.82, 2.24) is 5.32 Å². The van der Waals surface area contributed by atoms with E-state index in [1.165, 1.54) is 6.07 Å². The molecule has 2 saturated heterocycles. The van der Waals surface area contributed by atoms with Gasteiger partial charge < -0.3 is 10.4 Å². The average molecular weight is 260 g/mol. The molecule has 0 amide bonds. The van der Waals surface area contributed by atoms with Crippen molar-refractivity contribution in [2.45, 2.75) is 49.8 Å². The van der Waals surface area contributed by atoms with Gasteiger partial charge in [0.15, 0.2) is 0 Å². The Morgan fingerprint density at radius 2 is 2.05 bits per heavy atom. The number of aliphatic hydroxyl groups is 1. The van der Waals surface area contributed by atoms with Gasteiger partial charge in [-0.15, -0.1) is 0 Å². The largest absolute Gasteiger partial charge is 0.385 e. The van der Waals surface area contributed by atoms with Crippen LogP contribution in [0.2, 0.25) is 0 Å². The number of halogens is 1. The number of hydrogen-bond acceptors (Lipinski definition) is 3. The molecular weight excluding hydrogens is 243 g/mol. The summed E-state index contributed by atoms with van der Waals surface area (Å²) in [7, 11) is 0. The van der Waals surface area contributed by atoms with Gasteiger partial charge in [0.05, 0.1) is 18.1 Å². The first-order valence-corrected chi connectivity index (χ1v) is 6.75. The van der Waals surface area contributed by atoms with E-state index in [4.69, 9.17) is 5.26 Å². The Morgan fingerprint density at radius 1 is 1.37 bits per heavy atom. The SMILES string of the molecule is N#CCc1ccc(C2(O)CC3CCC(C2)N3)cc1F. The van der Waals surface area contributed by atoms with Crippen LogP contribution in [0.15, 0.2) is 18.2 Å². The summed E-state index contributed by atoms with van der Waals surface area (Å²) in [5, 5.41) is 22.9. The van der Waals surface area contributed by atoms with Gasteiger partial charge in [-0.3, -0.25) is 0 Å². The van der Waals surface area contributed by atoms with Crippen LogP contribution in [0.25, 0.3) is 0 Å². The predicted molar refractivity (Wildman–Crippen MR) is 68.8 cm³/mol. The van der Waals surface area contributed by atoms with Gasteiger partial charge in [0.25, 0.3) is 0 Å². The molecule has 0 spiro atoms. The molecule has 2 heterocycles. The van der Waals surface area contributed by atoms with Crippen LogP contribution >= 0.6 is 0 Å². The number of nitrogens with one attached hydrogen (secondary N) is 1. The first-order chi connectivity index (χ1) is 9.10. The Balaban J connectivity index is 1.89. The van der Waals surface area contributed by atoms with Gasteiger partial charge in [-0.1, -0.05) is 12.1 Å². The van der Waals surface area contributed by atoms with Gasteiger partial charge in [0.2, 0.25) is 0 Å². The summed E-state index contributed by atoms with van der Waals surface area (Å²) in [6, 6.07) is 7.41. The van der Waals surface area contributed by atoms with Crippen LogP contribution in [0.1, 0.15) is 36.8 Å². The zero-order valence-electron chi connectivity index (χ0n) is 10.7. The monoisotopic (exact) mass is 260 g/mol. The highest BCUT2D eigenvalue weighted by Gasteiger charge is 2.43. The van der Waals surface area contributed by atoms with E-state index in [0.29, 0.717) is 36.1 Å². The fourth-order valence-corrected chi connectivity index (χ4v) is 3.42. The smallest absolute Gasteiger partial charge is 0.127 e. The highest BCUT2D eigenvalue weighted by molar-refractivity contribution is 5.31. The summed E-state index contributed by atoms with van der Waals surface area (Å²) in [5.41, 5.74) is 0.111. The van der Waals surface area contributed by atoms with E-state index in [9.17, 15) is 9.50 Å². The molecule has 2 N–H and O–H groups in total. The molecule has 0 radical (unpaired) electrons. The third kappa shape index (κ3) is 2.24. The molecule has 0 saturated carbocycles. The first-order valence-electron chi connectivity index (χ1n) is 6.75. The van der Waals surface area contributed by atoms with E-state index >= 15 is 0 Å². The molecule has 2 fully saturated rings. The summed E-state index contributed by atoms with van der Waals surface area (Å²) in [6.45, 7) is 0. The van der Waals surface area contributed by atoms with Crippen LogP contribution in [0.4, 0.5) is 4.39 Å². The number of fused-ring (bicyclic) bond motifs is 2. The van der Waals surface area contributed by atoms with Gasteiger partial charge >= 0.3 is 0 Å². The lowest BCUT2D eigenvalue weighted by atomic mass is 9.81. The van der Waals surface area contributed by atoms with Gasteiger partial charge in [0, 0.05) is 17.6 Å². The molecule has 3 nitrogen and oxygen atoms in total. The van der Waals surface area contributed by atoms with Crippen molar-refractivity contribution in [2.75, 3.05) is 0 Å². The van der Waals surface area contributed by atoms with Crippen molar-refractivity contribution < 1.29 is 9.50 Å². The Labute approximate surface area is 112 Å². The van der Waals surface area contributed by atoms with Gasteiger partial charge in [-0.05, 0) is 37.3 Å². The zero-order chi connectivity index (χ0) is 13.5. The predicted octanol–water partition coefficient (Wildman–Crippen LogP) is 1.99. The average Bonchev–Trinajstić information content (AvgIpc) is 2.72. The standard InChI is InChI=1S/C15H17FN2O/c16-14-7-11(2-1-10(14)5-6-17)15(19)8-12-3-4-13(9-15)18-12/h1-2,7,12-13,18-19H,3-5,8-9H2. The van der Waals surface area contributed by atoms with Crippen molar-refractivity contribution in [1.29, 1.82) is 5.26 Å². The Bertz CT molecular complexity index is 525. The van der Waals surface area contributed by atoms with Crippen molar-refractivity contribution in [3.05, 3.63) is 35.1 Å². The van der Waals surface area contributed by atoms with Crippen LogP contribution in [0.5, 0.6) is 0 Å². The van der Waals surface area contributed by atoms with Gasteiger partial charge in [-0.2, -0.15) is 5.26 Å². The summed E-state index contributed by atoms with van der Waals surface area (Å²) in [6.07, 6.45) is 3.52. The van der Waals surface area contributed by atoms with Crippen LogP contribution in [-0.2, 0) is 12.0 Å². The highest BCUT2D eigenvalue weighted by atomic mass is 19.1. The number of benzene rings is 1. The maximum atomic E-state index is 13.9. The van der Waals surface area contributed by atoms with E-state index in [2.05, 4.69) is 5.32 Å². The van der Waals surface area contributed by atoms with Crippen molar-refractivity contribution in [3.63, 3.8) is 0 Å². The molecule has 2 aliphatic rings. The van der Waals surface area contributed by atoms with Crippen molar-refractivity contribution in [2.24, 2.45) is 0 Å². The zero-order valence-corrected chi connectivity index (χ0v) is 10.7. The van der Waals surface area contributed by atoms with E-state index < -0.39 is 11.4 Å². The Kier molecular flexibility index (Phi) is 3.04. The minimum absolute atomic E-state index is 0.0668. The molecule has 0 aliphatic carbocycles. The summed E-state index contributed by atoms with van der Waals surface area (Å²) in [4.78, 5) is 0. The fourth-order valence-electron chi connectivity index (χ4n) is 3.42. The van der Waals surface area contributed by atoms with Crippen LogP contribution in [0.3, 0.4) is 0 Å². The highest BCUT2D eigenvalue weighted by Crippen LogP contribution is 2.40. The van der Waals surface area contributed by atoms with Gasteiger partial charge in [0.1, 0.15) is 5.82 Å². The Morgan fingerprint density at radius 3 is 2.63 bits per heavy atom. The first kappa shape index (κ1) is 12.6. The second-order valence-corrected chi connectivity index (χ2v) is 5.72. The minimum Gasteiger partial charge on any atom is -0.385 e. The molecule has 2 aliphatic heterocycles. The maximum absolute atomic E-state index is 13.9. The normalized spacial score (nSPS) is 33.1. The molecule has 19 heavy (non-hydrogen) atoms. The Hall–Kier alpha value is -1.44. The molecule has 2 unspecified atom stereocenters. The molecular formula is C15H17FN2O. The fraction of sp³-hybridized carbons (Fsp3) is 0.533. The van der Waals surface area contributed by atoms with E-state index in [1.54, 1.807) is 12.1 Å². The molecule has 1 aromatic rings. The maximum Gasteiger partial charge on any atom is 0.127 e. The molecule has 1 aromatic carbocycles. The third-order valence-electron chi connectivity index (χ3n) is 4.36. The number of nitriles is 1. The second kappa shape index (κ2) is 4.59. The lowest BCUT2D eigenvalue weighted by Crippen LogP contribution is -2.46. The minimum atomic E-state index is -0.927. The van der Waals surface area contributed by atoms with E-state index in [0.717, 1.165) is 12.8 Å². The molecule has 2 atom stereocenters. The van der Waals surface area contributed by atoms with Crippen LogP contribution in [-0.4, -0.2) is 17.2 Å². The van der Waals surface area contributed by atoms with Crippen molar-refractivity contribution in [3.8, 4) is 6.07 Å². The summed E-state index contributed by atoms with van der Waals surface area (Å²) >= 11 is 0. The quantitative estimate of drug-likeness (QED) is 0.855. The molecule has 4 heteroatoms. The number of nitrogens with zero attached hydrogens (tertiary/aromatic N) is 1. The van der Waals surface area contributed by atoms with Gasteiger partial charge in [-0.25, -0.2) is 4.39 Å². The van der Waals surface area contributed by atoms with Crippen LogP contribution in [0, 0.1) is 17.1 Å². The molecule has 2 bridgehead atoms. The molecule has 0 aromatic heterocycles. The summed E-state index contributed by atoms with van der Waals surface area (Å²) in [5.74, 6) is -0.390. The number of hydrogen-bond donors (Lipinski definition) is 2. The molecule has 3 rings (SSSR count). The number of piperidine rings is 1. The summed E-state index contributed by atoms with van der Waals surface area (Å²) < 4.78 is 13.9. The topological polar surface area (TPSA) is 56.0 Å².